The van der Waals surface area contributed by atoms with Gasteiger partial charge in [-0.15, -0.1) is 0 Å². The van der Waals surface area contributed by atoms with Crippen LogP contribution in [0.4, 0.5) is 5.69 Å². The number of nitro groups is 1. The number of carbonyl (C=O) groups is 1. The first-order valence-electron chi connectivity index (χ1n) is 4.86. The molecular formula is C10H12N4O3. The molecule has 0 unspecified atom stereocenters. The third-order valence-corrected chi connectivity index (χ3v) is 2.00. The van der Waals surface area contributed by atoms with Crippen LogP contribution in [0.3, 0.4) is 0 Å². The van der Waals surface area contributed by atoms with Crippen molar-refractivity contribution in [3.05, 3.63) is 39.9 Å². The fraction of sp³-hybridized carbons (Fsp3) is 0.200. The highest BCUT2D eigenvalue weighted by atomic mass is 16.6. The summed E-state index contributed by atoms with van der Waals surface area (Å²) in [7, 11) is 0. The Bertz CT molecular complexity index is 459. The quantitative estimate of drug-likeness (QED) is 0.300. The Morgan fingerprint density at radius 1 is 1.53 bits per heavy atom. The number of nitrogens with one attached hydrogen (secondary N) is 2. The van der Waals surface area contributed by atoms with Crippen molar-refractivity contribution in [2.24, 2.45) is 5.73 Å². The first kappa shape index (κ1) is 12.6. The van der Waals surface area contributed by atoms with Gasteiger partial charge in [0.05, 0.1) is 10.8 Å². The predicted octanol–water partition coefficient (Wildman–Crippen LogP) is 0.651. The molecule has 0 saturated heterocycles. The molecule has 4 N–H and O–H groups in total. The first-order chi connectivity index (χ1) is 8.00. The molecule has 0 fully saturated rings. The molecular weight excluding hydrogens is 224 g/mol. The van der Waals surface area contributed by atoms with Gasteiger partial charge in [-0.25, -0.2) is 0 Å². The Morgan fingerprint density at radius 3 is 2.82 bits per heavy atom. The van der Waals surface area contributed by atoms with E-state index in [0.29, 0.717) is 0 Å². The van der Waals surface area contributed by atoms with Gasteiger partial charge in [0.1, 0.15) is 0 Å². The second-order valence-corrected chi connectivity index (χ2v) is 3.34. The summed E-state index contributed by atoms with van der Waals surface area (Å²) in [4.78, 5) is 21.5. The Balaban J connectivity index is 2.65. The summed E-state index contributed by atoms with van der Waals surface area (Å²) in [6.45, 7) is 0.233. The van der Waals surface area contributed by atoms with Gasteiger partial charge in [-0.05, 0) is 6.07 Å². The molecule has 1 aromatic carbocycles. The van der Waals surface area contributed by atoms with Crippen LogP contribution in [0.1, 0.15) is 16.8 Å². The summed E-state index contributed by atoms with van der Waals surface area (Å²) in [6, 6.07) is 5.43. The smallest absolute Gasteiger partial charge is 0.270 e. The molecule has 0 aliphatic heterocycles. The van der Waals surface area contributed by atoms with Crippen molar-refractivity contribution in [1.29, 1.82) is 5.41 Å². The molecule has 0 atom stereocenters. The second-order valence-electron chi connectivity index (χ2n) is 3.34. The number of non-ortho nitro benzene ring substituents is 1. The van der Waals surface area contributed by atoms with E-state index in [-0.39, 0.29) is 30.1 Å². The molecule has 7 heteroatoms. The van der Waals surface area contributed by atoms with E-state index >= 15 is 0 Å². The lowest BCUT2D eigenvalue weighted by molar-refractivity contribution is -0.384. The summed E-state index contributed by atoms with van der Waals surface area (Å²) in [5, 5.41) is 20.0. The number of hydrogen-bond acceptors (Lipinski definition) is 4. The summed E-state index contributed by atoms with van der Waals surface area (Å²) < 4.78 is 0. The molecule has 17 heavy (non-hydrogen) atoms. The molecule has 90 valence electrons. The molecule has 0 heterocycles. The number of nitrogens with zero attached hydrogens (tertiary/aromatic N) is 1. The normalized spacial score (nSPS) is 9.65. The maximum atomic E-state index is 11.6. The molecule has 1 aromatic rings. The lowest BCUT2D eigenvalue weighted by Gasteiger charge is -2.04. The van der Waals surface area contributed by atoms with Crippen LogP contribution >= 0.6 is 0 Å². The molecule has 7 nitrogen and oxygen atoms in total. The van der Waals surface area contributed by atoms with Crippen molar-refractivity contribution >= 4 is 17.4 Å². The average Bonchev–Trinajstić information content (AvgIpc) is 2.28. The number of amidine groups is 1. The van der Waals surface area contributed by atoms with Gasteiger partial charge < -0.3 is 11.1 Å². The Kier molecular flexibility index (Phi) is 4.15. The van der Waals surface area contributed by atoms with Crippen molar-refractivity contribution < 1.29 is 9.72 Å². The maximum Gasteiger partial charge on any atom is 0.270 e. The number of benzene rings is 1. The topological polar surface area (TPSA) is 122 Å². The highest BCUT2D eigenvalue weighted by molar-refractivity contribution is 5.95. The number of hydrogen-bond donors (Lipinski definition) is 3. The molecule has 1 amide bonds. The third-order valence-electron chi connectivity index (χ3n) is 2.00. The van der Waals surface area contributed by atoms with Gasteiger partial charge in [-0.3, -0.25) is 20.3 Å². The first-order valence-corrected chi connectivity index (χ1v) is 4.86. The summed E-state index contributed by atoms with van der Waals surface area (Å²) in [6.07, 6.45) is 0.251. The van der Waals surface area contributed by atoms with E-state index in [0.717, 1.165) is 0 Å². The van der Waals surface area contributed by atoms with Crippen molar-refractivity contribution in [2.45, 2.75) is 6.42 Å². The van der Waals surface area contributed by atoms with Crippen LogP contribution in [0.2, 0.25) is 0 Å². The minimum Gasteiger partial charge on any atom is -0.388 e. The van der Waals surface area contributed by atoms with Crippen LogP contribution in [-0.4, -0.2) is 23.2 Å². The van der Waals surface area contributed by atoms with E-state index in [1.807, 2.05) is 0 Å². The zero-order valence-electron chi connectivity index (χ0n) is 8.97. The van der Waals surface area contributed by atoms with Gasteiger partial charge in [-0.2, -0.15) is 0 Å². The van der Waals surface area contributed by atoms with Crippen LogP contribution in [0.5, 0.6) is 0 Å². The van der Waals surface area contributed by atoms with Crippen LogP contribution in [0, 0.1) is 15.5 Å². The van der Waals surface area contributed by atoms with Crippen molar-refractivity contribution in [2.75, 3.05) is 6.54 Å². The summed E-state index contributed by atoms with van der Waals surface area (Å²) in [5.74, 6) is -0.445. The van der Waals surface area contributed by atoms with Gasteiger partial charge in [-0.1, -0.05) is 6.07 Å². The van der Waals surface area contributed by atoms with Crippen LogP contribution in [0.25, 0.3) is 0 Å². The van der Waals surface area contributed by atoms with E-state index in [2.05, 4.69) is 5.32 Å². The standard InChI is InChI=1S/C10H12N4O3/c11-9(12)4-5-13-10(15)7-2-1-3-8(6-7)14(16)17/h1-3,6H,4-5H2,(H3,11,12)(H,13,15). The largest absolute Gasteiger partial charge is 0.388 e. The molecule has 0 spiro atoms. The van der Waals surface area contributed by atoms with Crippen molar-refractivity contribution in [3.63, 3.8) is 0 Å². The van der Waals surface area contributed by atoms with Gasteiger partial charge in [0, 0.05) is 30.7 Å². The third kappa shape index (κ3) is 3.90. The predicted molar refractivity (Wildman–Crippen MR) is 62.0 cm³/mol. The zero-order valence-corrected chi connectivity index (χ0v) is 8.97. The van der Waals surface area contributed by atoms with Gasteiger partial charge in [0.2, 0.25) is 0 Å². The molecule has 1 rings (SSSR count). The van der Waals surface area contributed by atoms with Crippen molar-refractivity contribution in [1.82, 2.24) is 5.32 Å². The van der Waals surface area contributed by atoms with E-state index in [9.17, 15) is 14.9 Å². The lowest BCUT2D eigenvalue weighted by atomic mass is 10.2. The average molecular weight is 236 g/mol. The number of carbonyl (C=O) groups excluding carboxylic acids is 1. The summed E-state index contributed by atoms with van der Waals surface area (Å²) in [5.41, 5.74) is 5.20. The van der Waals surface area contributed by atoms with E-state index in [1.54, 1.807) is 0 Å². The molecule has 0 saturated carbocycles. The lowest BCUT2D eigenvalue weighted by Crippen LogP contribution is -2.27. The van der Waals surface area contributed by atoms with Gasteiger partial charge in [0.15, 0.2) is 0 Å². The highest BCUT2D eigenvalue weighted by Crippen LogP contribution is 2.12. The molecule has 0 aliphatic rings. The van der Waals surface area contributed by atoms with E-state index < -0.39 is 10.8 Å². The molecule has 0 aromatic heterocycles. The minimum atomic E-state index is -0.563. The Morgan fingerprint density at radius 2 is 2.24 bits per heavy atom. The number of nitro benzene ring substituents is 1. The second kappa shape index (κ2) is 5.59. The maximum absolute atomic E-state index is 11.6. The molecule has 0 radical (unpaired) electrons. The number of rotatable bonds is 5. The fourth-order valence-electron chi connectivity index (χ4n) is 1.17. The van der Waals surface area contributed by atoms with Crippen LogP contribution in [0.15, 0.2) is 24.3 Å². The fourth-order valence-corrected chi connectivity index (χ4v) is 1.17. The summed E-state index contributed by atoms with van der Waals surface area (Å²) >= 11 is 0. The van der Waals surface area contributed by atoms with Crippen LogP contribution < -0.4 is 11.1 Å². The van der Waals surface area contributed by atoms with E-state index in [4.69, 9.17) is 11.1 Å². The van der Waals surface area contributed by atoms with Gasteiger partial charge >= 0.3 is 0 Å². The van der Waals surface area contributed by atoms with E-state index in [1.165, 1.54) is 24.3 Å². The molecule has 0 aliphatic carbocycles. The zero-order chi connectivity index (χ0) is 12.8. The SMILES string of the molecule is N=C(N)CCNC(=O)c1cccc([N+](=O)[O-])c1. The molecule has 0 bridgehead atoms. The number of amides is 1. The highest BCUT2D eigenvalue weighted by Gasteiger charge is 2.10. The van der Waals surface area contributed by atoms with Crippen LogP contribution in [-0.2, 0) is 0 Å². The Labute approximate surface area is 97.3 Å². The number of nitrogens with two attached hydrogens (primary N) is 1. The van der Waals surface area contributed by atoms with Gasteiger partial charge in [0.25, 0.3) is 11.6 Å². The Hall–Kier alpha value is -2.44. The monoisotopic (exact) mass is 236 g/mol. The van der Waals surface area contributed by atoms with Crippen molar-refractivity contribution in [3.8, 4) is 0 Å². The minimum absolute atomic E-state index is 0.0238.